The Morgan fingerprint density at radius 1 is 0.980 bits per heavy atom. The molecule has 12 nitrogen and oxygen atoms in total. The van der Waals surface area contributed by atoms with Crippen LogP contribution in [0.15, 0.2) is 76.7 Å². The Morgan fingerprint density at radius 3 is 2.04 bits per heavy atom. The largest absolute Gasteiger partial charge is 0.364 e. The van der Waals surface area contributed by atoms with Crippen molar-refractivity contribution in [2.75, 3.05) is 25.0 Å². The zero-order valence-electron chi connectivity index (χ0n) is 27.6. The highest BCUT2D eigenvalue weighted by Crippen LogP contribution is 2.18. The van der Waals surface area contributed by atoms with Crippen LogP contribution in [0.3, 0.4) is 0 Å². The zero-order chi connectivity index (χ0) is 36.5. The molecule has 0 spiro atoms. The van der Waals surface area contributed by atoms with Gasteiger partial charge in [-0.15, -0.1) is 5.92 Å². The highest BCUT2D eigenvalue weighted by atomic mass is 32.2. The summed E-state index contributed by atoms with van der Waals surface area (Å²) in [7, 11) is -8.04. The van der Waals surface area contributed by atoms with Gasteiger partial charge >= 0.3 is 0 Å². The van der Waals surface area contributed by atoms with Crippen LogP contribution in [-0.4, -0.2) is 72.6 Å². The standard InChI is InChI=1S/C20H27FN4O2.2C7H8O3S/c1-2-3-4-5-6-7-11-25-12-10-17(15-25)23-20-18(21)13-16(14-22-20)8-9-19(26)24-27;2*1-6-2-4-7(5-3-6)11(8,9)10/h8-9,13-14,17,27H,2-5,10-12,15H2,1H3,(H,22,23)(H,24,26);2*2-5H,1H3,(H,8,9,10)/b9-8+;;/t17-;;/m1../s1. The lowest BCUT2D eigenvalue weighted by Crippen LogP contribution is -2.27. The summed E-state index contributed by atoms with van der Waals surface area (Å²) in [6.45, 7) is 8.35. The maximum Gasteiger partial charge on any atom is 0.294 e. The minimum absolute atomic E-state index is 0.0666. The van der Waals surface area contributed by atoms with E-state index in [0.29, 0.717) is 5.56 Å². The highest BCUT2D eigenvalue weighted by Gasteiger charge is 2.22. The Morgan fingerprint density at radius 2 is 1.55 bits per heavy atom. The molecule has 3 aromatic rings. The predicted molar refractivity (Wildman–Crippen MR) is 186 cm³/mol. The smallest absolute Gasteiger partial charge is 0.294 e. The van der Waals surface area contributed by atoms with E-state index < -0.39 is 32.0 Å². The van der Waals surface area contributed by atoms with Crippen LogP contribution >= 0.6 is 0 Å². The fourth-order valence-corrected chi connectivity index (χ4v) is 5.25. The summed E-state index contributed by atoms with van der Waals surface area (Å²) in [5, 5.41) is 11.6. The molecule has 0 radical (unpaired) electrons. The summed E-state index contributed by atoms with van der Waals surface area (Å²) in [6.07, 6.45) is 9.42. The molecule has 1 aromatic heterocycles. The second-order valence-corrected chi connectivity index (χ2v) is 14.0. The Labute approximate surface area is 287 Å². The van der Waals surface area contributed by atoms with E-state index in [-0.39, 0.29) is 21.7 Å². The lowest BCUT2D eigenvalue weighted by molar-refractivity contribution is -0.124. The molecule has 49 heavy (non-hydrogen) atoms. The van der Waals surface area contributed by atoms with E-state index in [4.69, 9.17) is 14.3 Å². The molecule has 2 aromatic carbocycles. The Kier molecular flexibility index (Phi) is 17.0. The van der Waals surface area contributed by atoms with Crippen molar-refractivity contribution in [2.24, 2.45) is 0 Å². The number of anilines is 1. The number of benzene rings is 2. The lowest BCUT2D eigenvalue weighted by Gasteiger charge is -2.15. The van der Waals surface area contributed by atoms with Crippen molar-refractivity contribution in [3.63, 3.8) is 0 Å². The van der Waals surface area contributed by atoms with Crippen molar-refractivity contribution < 1.29 is 40.3 Å². The number of hydroxylamine groups is 1. The van der Waals surface area contributed by atoms with Gasteiger partial charge in [-0.05, 0) is 68.7 Å². The van der Waals surface area contributed by atoms with Crippen LogP contribution < -0.4 is 10.8 Å². The Bertz CT molecular complexity index is 1730. The van der Waals surface area contributed by atoms with Crippen LogP contribution in [0.5, 0.6) is 0 Å². The maximum atomic E-state index is 14.2. The van der Waals surface area contributed by atoms with E-state index in [1.165, 1.54) is 60.9 Å². The molecule has 0 unspecified atom stereocenters. The second-order valence-electron chi connectivity index (χ2n) is 11.2. The molecular weight excluding hydrogens is 676 g/mol. The van der Waals surface area contributed by atoms with E-state index in [0.717, 1.165) is 56.1 Å². The number of carbonyl (C=O) groups excluding carboxylic acids is 1. The second kappa shape index (κ2) is 20.4. The average Bonchev–Trinajstić information content (AvgIpc) is 3.50. The van der Waals surface area contributed by atoms with Gasteiger partial charge in [-0.3, -0.25) is 24.0 Å². The number of rotatable bonds is 10. The van der Waals surface area contributed by atoms with E-state index in [1.54, 1.807) is 24.3 Å². The minimum atomic E-state index is -4.02. The third-order valence-corrected chi connectivity index (χ3v) is 8.72. The molecule has 2 heterocycles. The molecule has 0 bridgehead atoms. The van der Waals surface area contributed by atoms with Gasteiger partial charge in [0.15, 0.2) is 11.6 Å². The van der Waals surface area contributed by atoms with Gasteiger partial charge in [0.1, 0.15) is 0 Å². The molecule has 1 aliphatic heterocycles. The topological polar surface area (TPSA) is 186 Å². The Balaban J connectivity index is 0.000000309. The number of pyridine rings is 1. The molecule has 1 atom stereocenters. The highest BCUT2D eigenvalue weighted by molar-refractivity contribution is 7.86. The van der Waals surface area contributed by atoms with Crippen LogP contribution in [-0.2, 0) is 25.0 Å². The van der Waals surface area contributed by atoms with Gasteiger partial charge in [0.25, 0.3) is 26.1 Å². The van der Waals surface area contributed by atoms with Crippen molar-refractivity contribution in [1.29, 1.82) is 0 Å². The summed E-state index contributed by atoms with van der Waals surface area (Å²) < 4.78 is 73.3. The number of nitrogens with zero attached hydrogens (tertiary/aromatic N) is 2. The number of carbonyl (C=O) groups is 1. The predicted octanol–water partition coefficient (Wildman–Crippen LogP) is 5.29. The summed E-state index contributed by atoms with van der Waals surface area (Å²) >= 11 is 0. The molecule has 1 aliphatic rings. The van der Waals surface area contributed by atoms with Gasteiger partial charge in [-0.1, -0.05) is 61.1 Å². The molecule has 5 N–H and O–H groups in total. The van der Waals surface area contributed by atoms with Crippen LogP contribution in [0.2, 0.25) is 0 Å². The number of aromatic nitrogens is 1. The summed E-state index contributed by atoms with van der Waals surface area (Å²) in [5.74, 6) is 5.48. The van der Waals surface area contributed by atoms with Gasteiger partial charge in [0.2, 0.25) is 0 Å². The number of amides is 1. The van der Waals surface area contributed by atoms with Gasteiger partial charge in [0.05, 0.1) is 16.3 Å². The molecule has 266 valence electrons. The average molecular weight is 719 g/mol. The molecular formula is C34H43FN4O8S2. The number of hydrogen-bond acceptors (Lipinski definition) is 9. The third-order valence-electron chi connectivity index (χ3n) is 6.98. The van der Waals surface area contributed by atoms with Crippen LogP contribution in [0.1, 0.15) is 55.7 Å². The summed E-state index contributed by atoms with van der Waals surface area (Å²) in [6, 6.07) is 13.4. The first-order valence-electron chi connectivity index (χ1n) is 15.4. The van der Waals surface area contributed by atoms with Gasteiger partial charge in [0, 0.05) is 37.8 Å². The molecule has 0 saturated carbocycles. The molecule has 0 aliphatic carbocycles. The molecule has 1 fully saturated rings. The van der Waals surface area contributed by atoms with Crippen LogP contribution in [0.4, 0.5) is 10.2 Å². The van der Waals surface area contributed by atoms with Crippen molar-refractivity contribution in [2.45, 2.75) is 68.7 Å². The van der Waals surface area contributed by atoms with E-state index in [2.05, 4.69) is 34.0 Å². The van der Waals surface area contributed by atoms with Crippen LogP contribution in [0.25, 0.3) is 6.08 Å². The maximum absolute atomic E-state index is 14.2. The third kappa shape index (κ3) is 16.2. The monoisotopic (exact) mass is 718 g/mol. The number of unbranched alkanes of at least 4 members (excludes halogenated alkanes) is 3. The van der Waals surface area contributed by atoms with Gasteiger partial charge < -0.3 is 5.32 Å². The van der Waals surface area contributed by atoms with E-state index in [1.807, 2.05) is 13.8 Å². The molecule has 1 amide bonds. The normalized spacial score (nSPS) is 14.5. The van der Waals surface area contributed by atoms with Gasteiger partial charge in [-0.2, -0.15) is 16.8 Å². The first kappa shape index (κ1) is 41.0. The fourth-order valence-electron chi connectivity index (χ4n) is 4.29. The quantitative estimate of drug-likeness (QED) is 0.0458. The summed E-state index contributed by atoms with van der Waals surface area (Å²) in [5.41, 5.74) is 3.82. The van der Waals surface area contributed by atoms with E-state index >= 15 is 0 Å². The first-order valence-corrected chi connectivity index (χ1v) is 18.3. The molecule has 1 saturated heterocycles. The van der Waals surface area contributed by atoms with Crippen molar-refractivity contribution >= 4 is 38.0 Å². The number of halogens is 1. The molecule has 4 rings (SSSR count). The lowest BCUT2D eigenvalue weighted by atomic mass is 10.2. The van der Waals surface area contributed by atoms with Crippen LogP contribution in [0, 0.1) is 31.5 Å². The number of nitrogens with one attached hydrogen (secondary N) is 2. The fraction of sp³-hybridized carbons (Fsp3) is 0.353. The van der Waals surface area contributed by atoms with E-state index in [9.17, 15) is 26.0 Å². The zero-order valence-corrected chi connectivity index (χ0v) is 29.3. The van der Waals surface area contributed by atoms with Crippen molar-refractivity contribution in [3.05, 3.63) is 89.4 Å². The summed E-state index contributed by atoms with van der Waals surface area (Å²) in [4.78, 5) is 17.2. The Hall–Kier alpha value is -4.17. The van der Waals surface area contributed by atoms with Crippen molar-refractivity contribution in [3.8, 4) is 11.8 Å². The minimum Gasteiger partial charge on any atom is -0.364 e. The first-order chi connectivity index (χ1) is 23.1. The molecule has 15 heteroatoms. The number of likely N-dealkylation sites (tertiary alicyclic amines) is 1. The SMILES string of the molecule is CCCCCC#CCN1CC[C@@H](Nc2ncc(/C=C/C(=O)NO)cc2F)C1.Cc1ccc(S(=O)(=O)O)cc1.Cc1ccc(S(=O)(=O)O)cc1. The van der Waals surface area contributed by atoms with Crippen molar-refractivity contribution in [1.82, 2.24) is 15.4 Å². The number of aryl methyl sites for hydroxylation is 2. The number of hydrogen-bond donors (Lipinski definition) is 5. The van der Waals surface area contributed by atoms with Gasteiger partial charge in [-0.25, -0.2) is 14.9 Å².